The Bertz CT molecular complexity index is 319. The fraction of sp³-hybridized carbons (Fsp3) is 0.462. The first-order valence-corrected chi connectivity index (χ1v) is 5.18. The molecule has 0 radical (unpaired) electrons. The molecule has 0 aromatic heterocycles. The monoisotopic (exact) mass is 206 g/mol. The van der Waals surface area contributed by atoms with E-state index >= 15 is 0 Å². The number of ketones is 1. The number of aryl methyl sites for hydroxylation is 1. The van der Waals surface area contributed by atoms with Crippen molar-refractivity contribution in [3.63, 3.8) is 0 Å². The minimum Gasteiger partial charge on any atom is -0.371 e. The van der Waals surface area contributed by atoms with Crippen molar-refractivity contribution in [1.82, 2.24) is 0 Å². The number of methoxy groups -OCH3 is 1. The molecular formula is C13H18O2. The first kappa shape index (κ1) is 11.9. The highest BCUT2D eigenvalue weighted by molar-refractivity contribution is 5.84. The van der Waals surface area contributed by atoms with Crippen molar-refractivity contribution in [1.29, 1.82) is 0 Å². The maximum absolute atomic E-state index is 11.4. The van der Waals surface area contributed by atoms with Crippen molar-refractivity contribution < 1.29 is 9.53 Å². The van der Waals surface area contributed by atoms with Gasteiger partial charge in [0.15, 0.2) is 5.78 Å². The molecule has 1 aromatic rings. The van der Waals surface area contributed by atoms with Crippen LogP contribution in [0.4, 0.5) is 0 Å². The first-order chi connectivity index (χ1) is 7.08. The molecule has 0 spiro atoms. The second-order valence-electron chi connectivity index (χ2n) is 3.98. The molecule has 82 valence electrons. The Labute approximate surface area is 91.3 Å². The Balaban J connectivity index is 2.59. The molecule has 1 atom stereocenters. The molecule has 2 heteroatoms. The highest BCUT2D eigenvalue weighted by atomic mass is 16.5. The highest BCUT2D eigenvalue weighted by Crippen LogP contribution is 2.18. The largest absolute Gasteiger partial charge is 0.371 e. The summed E-state index contributed by atoms with van der Waals surface area (Å²) in [7, 11) is 1.59. The summed E-state index contributed by atoms with van der Waals surface area (Å²) >= 11 is 0. The molecule has 0 saturated heterocycles. The summed E-state index contributed by atoms with van der Waals surface area (Å²) in [5.74, 6) is 0.0842. The van der Waals surface area contributed by atoms with Crippen LogP contribution in [0.2, 0.25) is 0 Å². The molecule has 0 fully saturated rings. The zero-order chi connectivity index (χ0) is 11.3. The molecule has 2 nitrogen and oxygen atoms in total. The lowest BCUT2D eigenvalue weighted by Gasteiger charge is -2.24. The van der Waals surface area contributed by atoms with Crippen LogP contribution < -0.4 is 0 Å². The smallest absolute Gasteiger partial charge is 0.161 e. The van der Waals surface area contributed by atoms with E-state index in [0.29, 0.717) is 0 Å². The third-order valence-corrected chi connectivity index (χ3v) is 2.93. The van der Waals surface area contributed by atoms with Crippen molar-refractivity contribution in [2.45, 2.75) is 32.3 Å². The third-order valence-electron chi connectivity index (χ3n) is 2.93. The number of benzene rings is 1. The predicted molar refractivity (Wildman–Crippen MR) is 60.9 cm³/mol. The summed E-state index contributed by atoms with van der Waals surface area (Å²) in [6.07, 6.45) is 1.59. The van der Waals surface area contributed by atoms with Crippen LogP contribution in [0.15, 0.2) is 30.3 Å². The van der Waals surface area contributed by atoms with Gasteiger partial charge in [0.2, 0.25) is 0 Å². The Morgan fingerprint density at radius 1 is 1.33 bits per heavy atom. The predicted octanol–water partition coefficient (Wildman–Crippen LogP) is 2.61. The van der Waals surface area contributed by atoms with Crippen molar-refractivity contribution in [2.24, 2.45) is 0 Å². The summed E-state index contributed by atoms with van der Waals surface area (Å²) in [6.45, 7) is 3.42. The normalized spacial score (nSPS) is 14.6. The molecule has 0 heterocycles. The van der Waals surface area contributed by atoms with E-state index in [1.54, 1.807) is 14.0 Å². The van der Waals surface area contributed by atoms with Crippen molar-refractivity contribution >= 4 is 5.78 Å². The van der Waals surface area contributed by atoms with Gasteiger partial charge in [-0.15, -0.1) is 0 Å². The number of ether oxygens (including phenoxy) is 1. The average Bonchev–Trinajstić information content (AvgIpc) is 2.27. The molecule has 1 rings (SSSR count). The molecule has 0 aliphatic heterocycles. The van der Waals surface area contributed by atoms with Crippen molar-refractivity contribution in [3.8, 4) is 0 Å². The molecule has 1 aromatic carbocycles. The molecule has 0 N–H and O–H groups in total. The van der Waals surface area contributed by atoms with E-state index in [-0.39, 0.29) is 5.78 Å². The van der Waals surface area contributed by atoms with E-state index < -0.39 is 5.60 Å². The summed E-state index contributed by atoms with van der Waals surface area (Å²) in [5, 5.41) is 0. The molecule has 15 heavy (non-hydrogen) atoms. The molecule has 0 amide bonds. The zero-order valence-electron chi connectivity index (χ0n) is 9.62. The van der Waals surface area contributed by atoms with Gasteiger partial charge in [0, 0.05) is 7.11 Å². The topological polar surface area (TPSA) is 26.3 Å². The first-order valence-electron chi connectivity index (χ1n) is 5.18. The van der Waals surface area contributed by atoms with Gasteiger partial charge in [-0.3, -0.25) is 4.79 Å². The van der Waals surface area contributed by atoms with Gasteiger partial charge in [-0.1, -0.05) is 30.3 Å². The van der Waals surface area contributed by atoms with Crippen LogP contribution in [0, 0.1) is 0 Å². The lowest BCUT2D eigenvalue weighted by Crippen LogP contribution is -2.36. The quantitative estimate of drug-likeness (QED) is 0.740. The summed E-state index contributed by atoms with van der Waals surface area (Å²) in [6, 6.07) is 10.1. The summed E-state index contributed by atoms with van der Waals surface area (Å²) in [5.41, 5.74) is 0.595. The van der Waals surface area contributed by atoms with E-state index in [0.717, 1.165) is 12.8 Å². The number of rotatable bonds is 5. The minimum absolute atomic E-state index is 0.0842. The van der Waals surface area contributed by atoms with Crippen LogP contribution in [0.1, 0.15) is 25.8 Å². The van der Waals surface area contributed by atoms with Gasteiger partial charge in [0.1, 0.15) is 5.60 Å². The number of carbonyl (C=O) groups excluding carboxylic acids is 1. The number of Topliss-reactive ketones (excluding diaryl/α,β-unsaturated/α-hetero) is 1. The van der Waals surface area contributed by atoms with Gasteiger partial charge in [0.05, 0.1) is 0 Å². The van der Waals surface area contributed by atoms with Gasteiger partial charge in [0.25, 0.3) is 0 Å². The number of hydrogen-bond acceptors (Lipinski definition) is 2. The molecule has 0 aliphatic carbocycles. The molecule has 1 unspecified atom stereocenters. The highest BCUT2D eigenvalue weighted by Gasteiger charge is 2.28. The maximum atomic E-state index is 11.4. The Hall–Kier alpha value is -1.15. The third kappa shape index (κ3) is 3.17. The average molecular weight is 206 g/mol. The fourth-order valence-corrected chi connectivity index (χ4v) is 1.45. The number of hydrogen-bond donors (Lipinski definition) is 0. The lowest BCUT2D eigenvalue weighted by atomic mass is 9.93. The number of carbonyl (C=O) groups is 1. The standard InChI is InChI=1S/C13H18O2/c1-11(14)13(2,15-3)10-9-12-7-5-4-6-8-12/h4-8H,9-10H2,1-3H3. The van der Waals surface area contributed by atoms with E-state index in [1.165, 1.54) is 5.56 Å². The van der Waals surface area contributed by atoms with Crippen molar-refractivity contribution in [3.05, 3.63) is 35.9 Å². The van der Waals surface area contributed by atoms with Gasteiger partial charge >= 0.3 is 0 Å². The molecular weight excluding hydrogens is 188 g/mol. The second kappa shape index (κ2) is 5.08. The van der Waals surface area contributed by atoms with E-state index in [4.69, 9.17) is 4.74 Å². The van der Waals surface area contributed by atoms with Crippen LogP contribution >= 0.6 is 0 Å². The van der Waals surface area contributed by atoms with Gasteiger partial charge in [-0.25, -0.2) is 0 Å². The lowest BCUT2D eigenvalue weighted by molar-refractivity contribution is -0.137. The van der Waals surface area contributed by atoms with E-state index in [2.05, 4.69) is 12.1 Å². The van der Waals surface area contributed by atoms with Crippen LogP contribution in [0.3, 0.4) is 0 Å². The SMILES string of the molecule is COC(C)(CCc1ccccc1)C(C)=O. The minimum atomic E-state index is -0.643. The Morgan fingerprint density at radius 2 is 1.93 bits per heavy atom. The van der Waals surface area contributed by atoms with E-state index in [9.17, 15) is 4.79 Å². The van der Waals surface area contributed by atoms with Crippen LogP contribution in [0.25, 0.3) is 0 Å². The van der Waals surface area contributed by atoms with Gasteiger partial charge < -0.3 is 4.74 Å². The van der Waals surface area contributed by atoms with E-state index in [1.807, 2.05) is 25.1 Å². The second-order valence-corrected chi connectivity index (χ2v) is 3.98. The molecule has 0 saturated carbocycles. The van der Waals surface area contributed by atoms with Crippen molar-refractivity contribution in [2.75, 3.05) is 7.11 Å². The Morgan fingerprint density at radius 3 is 2.40 bits per heavy atom. The van der Waals surface area contributed by atoms with Crippen LogP contribution in [-0.4, -0.2) is 18.5 Å². The molecule has 0 aliphatic rings. The maximum Gasteiger partial charge on any atom is 0.161 e. The van der Waals surface area contributed by atoms with Gasteiger partial charge in [-0.2, -0.15) is 0 Å². The van der Waals surface area contributed by atoms with Crippen LogP contribution in [-0.2, 0) is 16.0 Å². The van der Waals surface area contributed by atoms with Crippen LogP contribution in [0.5, 0.6) is 0 Å². The zero-order valence-corrected chi connectivity index (χ0v) is 9.62. The fourth-order valence-electron chi connectivity index (χ4n) is 1.45. The van der Waals surface area contributed by atoms with Gasteiger partial charge in [-0.05, 0) is 32.3 Å². The summed E-state index contributed by atoms with van der Waals surface area (Å²) < 4.78 is 5.27. The summed E-state index contributed by atoms with van der Waals surface area (Å²) in [4.78, 5) is 11.4. The Kier molecular flexibility index (Phi) is 4.04. The molecule has 0 bridgehead atoms.